The zero-order valence-electron chi connectivity index (χ0n) is 12.2. The van der Waals surface area contributed by atoms with Crippen LogP contribution in [0.5, 0.6) is 0 Å². The molecule has 0 saturated heterocycles. The predicted molar refractivity (Wildman–Crippen MR) is 83.2 cm³/mol. The van der Waals surface area contributed by atoms with Crippen molar-refractivity contribution in [2.75, 3.05) is 21.3 Å². The number of imidazole rings is 1. The molecular weight excluding hydrogens is 292 g/mol. The fourth-order valence-corrected chi connectivity index (χ4v) is 5.46. The molecule has 110 valence electrons. The van der Waals surface area contributed by atoms with Crippen molar-refractivity contribution in [2.45, 2.75) is 19.0 Å². The fraction of sp³-hybridized carbons (Fsp3) is 0.462. The molecule has 0 aliphatic rings. The molecule has 0 saturated carbocycles. The van der Waals surface area contributed by atoms with Crippen LogP contribution in [0, 0.1) is 4.77 Å². The first-order valence-corrected chi connectivity index (χ1v) is 8.69. The molecule has 0 amide bonds. The number of nitrogens with one attached hydrogen (secondary N) is 1. The zero-order valence-corrected chi connectivity index (χ0v) is 14.0. The van der Waals surface area contributed by atoms with Crippen LogP contribution in [0.25, 0.3) is 11.0 Å². The van der Waals surface area contributed by atoms with Gasteiger partial charge in [-0.05, 0) is 30.8 Å². The second-order valence-electron chi connectivity index (χ2n) is 4.46. The van der Waals surface area contributed by atoms with E-state index in [0.29, 0.717) is 4.77 Å². The lowest BCUT2D eigenvalue weighted by Gasteiger charge is -2.32. The van der Waals surface area contributed by atoms with Gasteiger partial charge in [-0.15, -0.1) is 0 Å². The highest BCUT2D eigenvalue weighted by Crippen LogP contribution is 2.30. The van der Waals surface area contributed by atoms with Crippen LogP contribution < -0.4 is 0 Å². The van der Waals surface area contributed by atoms with E-state index in [2.05, 4.69) is 11.9 Å². The topological polar surface area (TPSA) is 48.4 Å². The highest BCUT2D eigenvalue weighted by molar-refractivity contribution is 7.71. The molecule has 0 fully saturated rings. The van der Waals surface area contributed by atoms with Gasteiger partial charge in [0.05, 0.1) is 11.0 Å². The lowest BCUT2D eigenvalue weighted by atomic mass is 10.3. The highest BCUT2D eigenvalue weighted by Gasteiger charge is 2.48. The number of hydrogen-bond acceptors (Lipinski definition) is 4. The van der Waals surface area contributed by atoms with E-state index in [0.717, 1.165) is 17.5 Å². The number of aromatic nitrogens is 2. The quantitative estimate of drug-likeness (QED) is 0.658. The van der Waals surface area contributed by atoms with Crippen LogP contribution in [0.4, 0.5) is 0 Å². The molecule has 0 radical (unpaired) electrons. The van der Waals surface area contributed by atoms with E-state index < -0.39 is 8.80 Å². The zero-order chi connectivity index (χ0) is 14.8. The van der Waals surface area contributed by atoms with Gasteiger partial charge in [0.25, 0.3) is 0 Å². The largest absolute Gasteiger partial charge is 0.524 e. The summed E-state index contributed by atoms with van der Waals surface area (Å²) in [5.41, 5.74) is 1.97. The van der Waals surface area contributed by atoms with Gasteiger partial charge >= 0.3 is 8.80 Å². The minimum atomic E-state index is -2.82. The SMILES string of the molecule is CCC(n1c(=S)[nH]c2ccccc21)[Si](OC)(OC)OC. The van der Waals surface area contributed by atoms with Crippen LogP contribution in [-0.4, -0.2) is 39.7 Å². The molecule has 0 aliphatic carbocycles. The molecule has 2 rings (SSSR count). The number of para-hydroxylation sites is 2. The number of H-pyrrole nitrogens is 1. The summed E-state index contributed by atoms with van der Waals surface area (Å²) in [6, 6.07) is 8.00. The Morgan fingerprint density at radius 2 is 1.80 bits per heavy atom. The lowest BCUT2D eigenvalue weighted by molar-refractivity contribution is 0.101. The number of fused-ring (bicyclic) bond motifs is 1. The summed E-state index contributed by atoms with van der Waals surface area (Å²) in [6.45, 7) is 2.08. The third-order valence-electron chi connectivity index (χ3n) is 3.58. The van der Waals surface area contributed by atoms with Crippen LogP contribution in [0.15, 0.2) is 24.3 Å². The van der Waals surface area contributed by atoms with Crippen molar-refractivity contribution >= 4 is 32.1 Å². The molecule has 1 aromatic carbocycles. The summed E-state index contributed by atoms with van der Waals surface area (Å²) >= 11 is 5.47. The van der Waals surface area contributed by atoms with Gasteiger partial charge in [0.2, 0.25) is 0 Å². The van der Waals surface area contributed by atoms with Gasteiger partial charge in [-0.2, -0.15) is 0 Å². The molecule has 7 heteroatoms. The predicted octanol–water partition coefficient (Wildman–Crippen LogP) is 3.07. The van der Waals surface area contributed by atoms with Gasteiger partial charge < -0.3 is 22.8 Å². The van der Waals surface area contributed by atoms with Gasteiger partial charge in [-0.25, -0.2) is 0 Å². The van der Waals surface area contributed by atoms with Crippen molar-refractivity contribution in [3.63, 3.8) is 0 Å². The Kier molecular flexibility index (Phi) is 4.77. The highest BCUT2D eigenvalue weighted by atomic mass is 32.1. The molecular formula is C13H20N2O3SSi. The standard InChI is InChI=1S/C13H20N2O3SSi/c1-5-12(20(16-2,17-3)18-4)15-11-9-7-6-8-10(11)14-13(15)19/h6-9,12H,5H2,1-4H3,(H,14,19). The smallest absolute Gasteiger partial charge is 0.376 e. The normalized spacial score (nSPS) is 13.8. The fourth-order valence-electron chi connectivity index (χ4n) is 2.63. The average Bonchev–Trinajstić information content (AvgIpc) is 2.81. The molecule has 0 spiro atoms. The summed E-state index contributed by atoms with van der Waals surface area (Å²) in [7, 11) is 2.05. The molecule has 2 aromatic rings. The number of nitrogens with zero attached hydrogens (tertiary/aromatic N) is 1. The van der Waals surface area contributed by atoms with Crippen LogP contribution in [-0.2, 0) is 13.3 Å². The van der Waals surface area contributed by atoms with Crippen molar-refractivity contribution in [2.24, 2.45) is 0 Å². The van der Waals surface area contributed by atoms with E-state index in [-0.39, 0.29) is 5.67 Å². The first-order chi connectivity index (χ1) is 9.63. The molecule has 1 atom stereocenters. The van der Waals surface area contributed by atoms with Gasteiger partial charge in [0, 0.05) is 21.3 Å². The molecule has 0 aliphatic heterocycles. The number of hydrogen-bond donors (Lipinski definition) is 1. The van der Waals surface area contributed by atoms with Gasteiger partial charge in [0.15, 0.2) is 4.77 Å². The van der Waals surface area contributed by atoms with Gasteiger partial charge in [-0.3, -0.25) is 0 Å². The van der Waals surface area contributed by atoms with Crippen molar-refractivity contribution in [1.82, 2.24) is 9.55 Å². The van der Waals surface area contributed by atoms with E-state index in [9.17, 15) is 0 Å². The van der Waals surface area contributed by atoms with Crippen LogP contribution >= 0.6 is 12.2 Å². The molecule has 1 N–H and O–H groups in total. The Morgan fingerprint density at radius 1 is 1.20 bits per heavy atom. The summed E-state index contributed by atoms with van der Waals surface area (Å²) in [6.07, 6.45) is 0.803. The van der Waals surface area contributed by atoms with Gasteiger partial charge in [-0.1, -0.05) is 19.1 Å². The van der Waals surface area contributed by atoms with Gasteiger partial charge in [0.1, 0.15) is 5.67 Å². The first kappa shape index (κ1) is 15.4. The Labute approximate surface area is 124 Å². The lowest BCUT2D eigenvalue weighted by Crippen LogP contribution is -2.51. The number of benzene rings is 1. The van der Waals surface area contributed by atoms with Crippen molar-refractivity contribution in [3.05, 3.63) is 29.0 Å². The Morgan fingerprint density at radius 3 is 2.35 bits per heavy atom. The summed E-state index contributed by atoms with van der Waals surface area (Å²) in [5, 5.41) is 0. The maximum absolute atomic E-state index is 5.63. The van der Waals surface area contributed by atoms with Crippen LogP contribution in [0.2, 0.25) is 0 Å². The maximum Gasteiger partial charge on any atom is 0.524 e. The molecule has 20 heavy (non-hydrogen) atoms. The van der Waals surface area contributed by atoms with E-state index >= 15 is 0 Å². The molecule has 1 unspecified atom stereocenters. The van der Waals surface area contributed by atoms with Crippen LogP contribution in [0.1, 0.15) is 19.0 Å². The third-order valence-corrected chi connectivity index (χ3v) is 7.07. The molecule has 0 bridgehead atoms. The average molecular weight is 312 g/mol. The minimum Gasteiger partial charge on any atom is -0.376 e. The monoisotopic (exact) mass is 312 g/mol. The van der Waals surface area contributed by atoms with E-state index in [1.165, 1.54) is 0 Å². The van der Waals surface area contributed by atoms with E-state index in [4.69, 9.17) is 25.5 Å². The van der Waals surface area contributed by atoms with E-state index in [1.54, 1.807) is 21.3 Å². The minimum absolute atomic E-state index is 0.0638. The number of rotatable bonds is 6. The molecule has 1 aromatic heterocycles. The Hall–Kier alpha value is -0.993. The molecule has 5 nitrogen and oxygen atoms in total. The second kappa shape index (κ2) is 6.19. The first-order valence-electron chi connectivity index (χ1n) is 6.48. The van der Waals surface area contributed by atoms with E-state index in [1.807, 2.05) is 28.8 Å². The van der Waals surface area contributed by atoms with Crippen molar-refractivity contribution in [3.8, 4) is 0 Å². The maximum atomic E-state index is 5.63. The molecule has 1 heterocycles. The second-order valence-corrected chi connectivity index (χ2v) is 7.94. The third kappa shape index (κ3) is 2.36. The summed E-state index contributed by atoms with van der Waals surface area (Å²) < 4.78 is 19.6. The van der Waals surface area contributed by atoms with Crippen molar-refractivity contribution in [1.29, 1.82) is 0 Å². The summed E-state index contributed by atoms with van der Waals surface area (Å²) in [4.78, 5) is 3.22. The number of aromatic amines is 1. The Bertz CT molecular complexity index is 628. The van der Waals surface area contributed by atoms with Crippen LogP contribution in [0.3, 0.4) is 0 Å². The summed E-state index contributed by atoms with van der Waals surface area (Å²) in [5.74, 6) is 0. The van der Waals surface area contributed by atoms with Crippen molar-refractivity contribution < 1.29 is 13.3 Å². The Balaban J connectivity index is 2.66.